The Morgan fingerprint density at radius 3 is 2.62 bits per heavy atom. The van der Waals surface area contributed by atoms with Gasteiger partial charge in [0.15, 0.2) is 0 Å². The van der Waals surface area contributed by atoms with Crippen LogP contribution in [0.2, 0.25) is 5.02 Å². The van der Waals surface area contributed by atoms with E-state index in [1.165, 1.54) is 12.1 Å². The van der Waals surface area contributed by atoms with Crippen LogP contribution in [0.3, 0.4) is 0 Å². The molecule has 21 heavy (non-hydrogen) atoms. The Hall–Kier alpha value is -2.20. The lowest BCUT2D eigenvalue weighted by Gasteiger charge is -2.04. The number of hydrazone groups is 1. The molecule has 0 fully saturated rings. The van der Waals surface area contributed by atoms with Crippen molar-refractivity contribution in [1.29, 1.82) is 0 Å². The minimum atomic E-state index is -0.325. The zero-order valence-corrected chi connectivity index (χ0v) is 12.2. The first-order chi connectivity index (χ1) is 10.0. The van der Waals surface area contributed by atoms with Crippen molar-refractivity contribution in [3.63, 3.8) is 0 Å². The van der Waals surface area contributed by atoms with Gasteiger partial charge in [0.1, 0.15) is 5.82 Å². The first-order valence-electron chi connectivity index (χ1n) is 6.38. The number of nitrogens with one attached hydrogen (secondary N) is 1. The number of carbonyl (C=O) groups is 1. The van der Waals surface area contributed by atoms with Crippen molar-refractivity contribution < 1.29 is 9.18 Å². The van der Waals surface area contributed by atoms with Crippen LogP contribution in [0.25, 0.3) is 0 Å². The van der Waals surface area contributed by atoms with Crippen LogP contribution in [-0.4, -0.2) is 11.6 Å². The third-order valence-electron chi connectivity index (χ3n) is 2.87. The summed E-state index contributed by atoms with van der Waals surface area (Å²) in [6.07, 6.45) is 0.145. The molecule has 0 heterocycles. The van der Waals surface area contributed by atoms with Gasteiger partial charge < -0.3 is 0 Å². The molecular weight excluding hydrogens is 291 g/mol. The molecule has 0 aliphatic rings. The molecule has 1 amide bonds. The number of hydrogen-bond acceptors (Lipinski definition) is 2. The minimum absolute atomic E-state index is 0.145. The number of carbonyl (C=O) groups excluding carboxylic acids is 1. The maximum atomic E-state index is 12.8. The first-order valence-corrected chi connectivity index (χ1v) is 6.76. The fourth-order valence-corrected chi connectivity index (χ4v) is 1.94. The smallest absolute Gasteiger partial charge is 0.244 e. The van der Waals surface area contributed by atoms with E-state index in [9.17, 15) is 9.18 Å². The number of rotatable bonds is 4. The van der Waals surface area contributed by atoms with Gasteiger partial charge in [-0.3, -0.25) is 4.79 Å². The maximum absolute atomic E-state index is 12.8. The largest absolute Gasteiger partial charge is 0.273 e. The van der Waals surface area contributed by atoms with Crippen LogP contribution in [0.4, 0.5) is 4.39 Å². The highest BCUT2D eigenvalue weighted by Crippen LogP contribution is 2.11. The lowest BCUT2D eigenvalue weighted by atomic mass is 10.1. The highest BCUT2D eigenvalue weighted by Gasteiger charge is 2.04. The molecule has 2 rings (SSSR count). The van der Waals surface area contributed by atoms with Crippen molar-refractivity contribution >= 4 is 23.2 Å². The maximum Gasteiger partial charge on any atom is 0.244 e. The van der Waals surface area contributed by atoms with Crippen molar-refractivity contribution in [1.82, 2.24) is 5.43 Å². The SMILES string of the molecule is C/C(=N\NC(=O)Cc1ccc(F)cc1)c1cccc(Cl)c1. The molecule has 2 aromatic carbocycles. The first kappa shape index (κ1) is 15.2. The number of nitrogens with zero attached hydrogens (tertiary/aromatic N) is 1. The van der Waals surface area contributed by atoms with E-state index >= 15 is 0 Å². The lowest BCUT2D eigenvalue weighted by molar-refractivity contribution is -0.120. The summed E-state index contributed by atoms with van der Waals surface area (Å²) in [7, 11) is 0. The summed E-state index contributed by atoms with van der Waals surface area (Å²) in [6.45, 7) is 1.78. The highest BCUT2D eigenvalue weighted by atomic mass is 35.5. The van der Waals surface area contributed by atoms with Crippen molar-refractivity contribution in [2.45, 2.75) is 13.3 Å². The number of benzene rings is 2. The Kier molecular flexibility index (Phi) is 5.06. The van der Waals surface area contributed by atoms with E-state index < -0.39 is 0 Å². The Balaban J connectivity index is 1.96. The molecule has 0 spiro atoms. The van der Waals surface area contributed by atoms with E-state index in [2.05, 4.69) is 10.5 Å². The molecule has 0 unspecified atom stereocenters. The van der Waals surface area contributed by atoms with Gasteiger partial charge in [0, 0.05) is 5.02 Å². The second-order valence-electron chi connectivity index (χ2n) is 4.55. The molecule has 0 aliphatic carbocycles. The van der Waals surface area contributed by atoms with Gasteiger partial charge in [0.25, 0.3) is 0 Å². The van der Waals surface area contributed by atoms with Gasteiger partial charge in [0.2, 0.25) is 5.91 Å². The van der Waals surface area contributed by atoms with Gasteiger partial charge in [-0.15, -0.1) is 0 Å². The summed E-state index contributed by atoms with van der Waals surface area (Å²) in [4.78, 5) is 11.8. The molecule has 0 saturated heterocycles. The molecule has 2 aromatic rings. The molecule has 0 aromatic heterocycles. The zero-order chi connectivity index (χ0) is 15.2. The monoisotopic (exact) mass is 304 g/mol. The third kappa shape index (κ3) is 4.68. The van der Waals surface area contributed by atoms with Crippen molar-refractivity contribution in [2.24, 2.45) is 5.10 Å². The van der Waals surface area contributed by atoms with Crippen LogP contribution in [0.5, 0.6) is 0 Å². The van der Waals surface area contributed by atoms with Crippen LogP contribution >= 0.6 is 11.6 Å². The summed E-state index contributed by atoms with van der Waals surface area (Å²) >= 11 is 5.90. The molecule has 108 valence electrons. The molecule has 0 radical (unpaired) electrons. The van der Waals surface area contributed by atoms with Crippen molar-refractivity contribution in [3.8, 4) is 0 Å². The molecular formula is C16H14ClFN2O. The molecule has 0 saturated carbocycles. The van der Waals surface area contributed by atoms with Crippen LogP contribution in [0, 0.1) is 5.82 Å². The highest BCUT2D eigenvalue weighted by molar-refractivity contribution is 6.31. The summed E-state index contributed by atoms with van der Waals surface area (Å²) in [6, 6.07) is 13.0. The summed E-state index contributed by atoms with van der Waals surface area (Å²) in [5.41, 5.74) is 4.70. The summed E-state index contributed by atoms with van der Waals surface area (Å²) in [5, 5.41) is 4.64. The fourth-order valence-electron chi connectivity index (χ4n) is 1.75. The van der Waals surface area contributed by atoms with Crippen LogP contribution in [0.15, 0.2) is 53.6 Å². The van der Waals surface area contributed by atoms with Crippen LogP contribution in [-0.2, 0) is 11.2 Å². The van der Waals surface area contributed by atoms with E-state index in [0.29, 0.717) is 10.7 Å². The minimum Gasteiger partial charge on any atom is -0.273 e. The van der Waals surface area contributed by atoms with Crippen molar-refractivity contribution in [3.05, 3.63) is 70.5 Å². The average molecular weight is 305 g/mol. The average Bonchev–Trinajstić information content (AvgIpc) is 2.47. The quantitative estimate of drug-likeness (QED) is 0.681. The molecule has 1 N–H and O–H groups in total. The predicted molar refractivity (Wildman–Crippen MR) is 81.9 cm³/mol. The predicted octanol–water partition coefficient (Wildman–Crippen LogP) is 3.56. The standard InChI is InChI=1S/C16H14ClFN2O/c1-11(13-3-2-4-14(17)10-13)19-20-16(21)9-12-5-7-15(18)8-6-12/h2-8,10H,9H2,1H3,(H,20,21)/b19-11+. The van der Waals surface area contributed by atoms with Gasteiger partial charge >= 0.3 is 0 Å². The fraction of sp³-hybridized carbons (Fsp3) is 0.125. The third-order valence-corrected chi connectivity index (χ3v) is 3.10. The van der Waals surface area contributed by atoms with Gasteiger partial charge in [-0.05, 0) is 42.3 Å². The molecule has 0 aliphatic heterocycles. The van der Waals surface area contributed by atoms with E-state index in [1.54, 1.807) is 31.2 Å². The second-order valence-corrected chi connectivity index (χ2v) is 4.98. The Labute approximate surface area is 127 Å². The van der Waals surface area contributed by atoms with Gasteiger partial charge in [-0.25, -0.2) is 9.82 Å². The van der Waals surface area contributed by atoms with E-state index in [-0.39, 0.29) is 18.1 Å². The summed E-state index contributed by atoms with van der Waals surface area (Å²) < 4.78 is 12.8. The number of amides is 1. The summed E-state index contributed by atoms with van der Waals surface area (Å²) in [5.74, 6) is -0.586. The van der Waals surface area contributed by atoms with Crippen molar-refractivity contribution in [2.75, 3.05) is 0 Å². The molecule has 3 nitrogen and oxygen atoms in total. The van der Waals surface area contributed by atoms with E-state index in [4.69, 9.17) is 11.6 Å². The number of halogens is 2. The molecule has 5 heteroatoms. The molecule has 0 atom stereocenters. The second kappa shape index (κ2) is 6.99. The lowest BCUT2D eigenvalue weighted by Crippen LogP contribution is -2.21. The number of hydrogen-bond donors (Lipinski definition) is 1. The van der Waals surface area contributed by atoms with E-state index in [0.717, 1.165) is 11.1 Å². The van der Waals surface area contributed by atoms with Gasteiger partial charge in [-0.2, -0.15) is 5.10 Å². The topological polar surface area (TPSA) is 41.5 Å². The zero-order valence-electron chi connectivity index (χ0n) is 11.4. The van der Waals surface area contributed by atoms with E-state index in [1.807, 2.05) is 12.1 Å². The van der Waals surface area contributed by atoms with Crippen LogP contribution < -0.4 is 5.43 Å². The van der Waals surface area contributed by atoms with Gasteiger partial charge in [-0.1, -0.05) is 35.9 Å². The Bertz CT molecular complexity index is 668. The Morgan fingerprint density at radius 2 is 1.95 bits per heavy atom. The molecule has 0 bridgehead atoms. The van der Waals surface area contributed by atoms with Crippen LogP contribution in [0.1, 0.15) is 18.1 Å². The Morgan fingerprint density at radius 1 is 1.24 bits per heavy atom. The van der Waals surface area contributed by atoms with Gasteiger partial charge in [0.05, 0.1) is 12.1 Å². The normalized spacial score (nSPS) is 11.3.